The topological polar surface area (TPSA) is 265 Å². The number of hydrogen-bond donors (Lipinski definition) is 5. The number of aliphatic carboxylic acids is 1. The fourth-order valence-electron chi connectivity index (χ4n) is 4.51. The van der Waals surface area contributed by atoms with Crippen molar-refractivity contribution < 1.29 is 43.0 Å². The number of thiazole rings is 1. The van der Waals surface area contributed by atoms with Crippen LogP contribution in [0.1, 0.15) is 32.4 Å². The summed E-state index contributed by atoms with van der Waals surface area (Å²) in [6.07, 6.45) is 0.0694. The molecule has 2 aliphatic heterocycles. The molecule has 2 aliphatic rings. The summed E-state index contributed by atoms with van der Waals surface area (Å²) in [5, 5.41) is 26.8. The maximum Gasteiger partial charge on any atom is 0.353 e. The highest BCUT2D eigenvalue weighted by Gasteiger charge is 2.54. The van der Waals surface area contributed by atoms with Crippen molar-refractivity contribution in [2.24, 2.45) is 5.16 Å². The molecule has 2 amide bonds. The van der Waals surface area contributed by atoms with E-state index >= 15 is 0 Å². The highest BCUT2D eigenvalue weighted by Crippen LogP contribution is 2.58. The van der Waals surface area contributed by atoms with E-state index in [1.165, 1.54) is 30.5 Å². The summed E-state index contributed by atoms with van der Waals surface area (Å²) in [4.78, 5) is 64.0. The quantitative estimate of drug-likeness (QED) is 0.0642. The van der Waals surface area contributed by atoms with Gasteiger partial charge in [0.05, 0.1) is 0 Å². The molecule has 44 heavy (non-hydrogen) atoms. The Morgan fingerprint density at radius 1 is 1.30 bits per heavy atom. The number of rotatable bonds is 13. The number of nitrogens with one attached hydrogen (secondary N) is 1. The van der Waals surface area contributed by atoms with Crippen LogP contribution in [-0.4, -0.2) is 105 Å². The van der Waals surface area contributed by atoms with Gasteiger partial charge in [0.25, 0.3) is 19.2 Å². The molecular formula is C21H29N9O9P2S3. The van der Waals surface area contributed by atoms with Crippen molar-refractivity contribution in [1.29, 1.82) is 0 Å². The average Bonchev–Trinajstić information content (AvgIpc) is 3.58. The number of nitrogens with zero attached hydrogens (tertiary/aromatic N) is 7. The molecule has 2 aromatic heterocycles. The van der Waals surface area contributed by atoms with Crippen LogP contribution >= 0.6 is 49.8 Å². The monoisotopic (exact) mass is 709 g/mol. The van der Waals surface area contributed by atoms with Gasteiger partial charge in [-0.1, -0.05) is 30.8 Å². The number of carbonyl (C=O) groups is 3. The Bertz CT molecular complexity index is 1630. The van der Waals surface area contributed by atoms with Gasteiger partial charge in [-0.15, -0.1) is 28.2 Å². The molecule has 0 spiro atoms. The van der Waals surface area contributed by atoms with Gasteiger partial charge in [-0.3, -0.25) is 23.6 Å². The van der Waals surface area contributed by atoms with Crippen LogP contribution in [0.4, 0.5) is 5.13 Å². The molecule has 0 saturated carbocycles. The van der Waals surface area contributed by atoms with Gasteiger partial charge >= 0.3 is 13.6 Å². The van der Waals surface area contributed by atoms with Crippen molar-refractivity contribution in [3.05, 3.63) is 22.3 Å². The molecule has 0 radical (unpaired) electrons. The summed E-state index contributed by atoms with van der Waals surface area (Å²) in [6, 6.07) is -1.11. The van der Waals surface area contributed by atoms with Crippen molar-refractivity contribution in [3.63, 3.8) is 0 Å². The zero-order valence-electron chi connectivity index (χ0n) is 23.7. The van der Waals surface area contributed by atoms with Crippen LogP contribution in [0, 0.1) is 0 Å². The van der Waals surface area contributed by atoms with Gasteiger partial charge in [0.2, 0.25) is 5.16 Å². The van der Waals surface area contributed by atoms with Crippen molar-refractivity contribution in [2.45, 2.75) is 48.5 Å². The van der Waals surface area contributed by atoms with Gasteiger partial charge in [-0.2, -0.15) is 0 Å². The average molecular weight is 710 g/mol. The fourth-order valence-corrected chi connectivity index (χ4v) is 9.05. The lowest BCUT2D eigenvalue weighted by Crippen LogP contribution is -2.71. The number of tetrazole rings is 1. The second kappa shape index (κ2) is 12.9. The summed E-state index contributed by atoms with van der Waals surface area (Å²) < 4.78 is 30.5. The number of fused-ring (bicyclic) bond motifs is 1. The minimum absolute atomic E-state index is 0.000679. The number of aromatic nitrogens is 5. The number of amides is 2. The second-order valence-corrected chi connectivity index (χ2v) is 17.4. The van der Waals surface area contributed by atoms with E-state index in [0.717, 1.165) is 32.7 Å². The number of carboxylic acid groups (broad SMARTS) is 1. The molecule has 23 heteroatoms. The van der Waals surface area contributed by atoms with E-state index in [2.05, 4.69) is 31.0 Å². The van der Waals surface area contributed by atoms with E-state index in [0.29, 0.717) is 5.57 Å². The molecule has 0 unspecified atom stereocenters. The number of nitrogens with two attached hydrogens (primary N) is 1. The number of thioether (sulfide) groups is 2. The Morgan fingerprint density at radius 2 is 1.98 bits per heavy atom. The van der Waals surface area contributed by atoms with Crippen LogP contribution in [0.15, 0.2) is 27.0 Å². The molecular weight excluding hydrogens is 680 g/mol. The zero-order chi connectivity index (χ0) is 32.6. The molecule has 4 heterocycles. The van der Waals surface area contributed by atoms with Crippen LogP contribution in [-0.2, 0) is 33.4 Å². The summed E-state index contributed by atoms with van der Waals surface area (Å²) in [5.74, 6) is -2.76. The molecule has 0 aromatic carbocycles. The molecule has 0 bridgehead atoms. The van der Waals surface area contributed by atoms with Crippen molar-refractivity contribution >= 4 is 78.5 Å². The summed E-state index contributed by atoms with van der Waals surface area (Å²) in [7, 11) is -7.85. The smallest absolute Gasteiger partial charge is 0.353 e. The molecule has 6 N–H and O–H groups in total. The summed E-state index contributed by atoms with van der Waals surface area (Å²) >= 11 is 3.22. The minimum Gasteiger partial charge on any atom is -0.477 e. The highest BCUT2D eigenvalue weighted by molar-refractivity contribution is 8.01. The van der Waals surface area contributed by atoms with Gasteiger partial charge < -0.3 is 30.6 Å². The largest absolute Gasteiger partial charge is 0.477 e. The highest BCUT2D eigenvalue weighted by atomic mass is 32.2. The Labute approximate surface area is 262 Å². The maximum atomic E-state index is 13.2. The van der Waals surface area contributed by atoms with Crippen molar-refractivity contribution in [2.75, 3.05) is 30.6 Å². The Hall–Kier alpha value is -2.80. The third-order valence-corrected chi connectivity index (χ3v) is 12.1. The first-order valence-corrected chi connectivity index (χ1v) is 19.8. The molecule has 2 atom stereocenters. The third-order valence-electron chi connectivity index (χ3n) is 6.73. The van der Waals surface area contributed by atoms with E-state index in [9.17, 15) is 38.4 Å². The summed E-state index contributed by atoms with van der Waals surface area (Å²) in [5.41, 5.74) is 5.43. The van der Waals surface area contributed by atoms with Crippen LogP contribution in [0.3, 0.4) is 0 Å². The van der Waals surface area contributed by atoms with Gasteiger partial charge in [-0.25, -0.2) is 14.5 Å². The number of anilines is 1. The van der Waals surface area contributed by atoms with Crippen LogP contribution in [0.25, 0.3) is 0 Å². The Balaban J connectivity index is 1.54. The minimum atomic E-state index is -4.71. The van der Waals surface area contributed by atoms with Gasteiger partial charge in [0, 0.05) is 30.2 Å². The van der Waals surface area contributed by atoms with Gasteiger partial charge in [-0.05, 0) is 28.8 Å². The first-order valence-electron chi connectivity index (χ1n) is 12.8. The molecule has 1 fully saturated rings. The number of nitrogen functional groups attached to an aromatic ring is 1. The normalized spacial score (nSPS) is 19.5. The predicted molar refractivity (Wildman–Crippen MR) is 162 cm³/mol. The van der Waals surface area contributed by atoms with E-state index in [1.807, 2.05) is 0 Å². The number of hydrogen-bond acceptors (Lipinski definition) is 15. The van der Waals surface area contributed by atoms with E-state index < -0.39 is 49.4 Å². The van der Waals surface area contributed by atoms with Crippen LogP contribution in [0.5, 0.6) is 0 Å². The molecule has 0 aliphatic carbocycles. The van der Waals surface area contributed by atoms with Gasteiger partial charge in [0.1, 0.15) is 22.8 Å². The second-order valence-electron chi connectivity index (χ2n) is 9.86. The van der Waals surface area contributed by atoms with E-state index in [1.54, 1.807) is 13.8 Å². The standard InChI is InChI=1S/C21H29N9O9P2S3/c1-5-21(6-2,41(36,37)38)30-20(25-27-28-30)44-8-10-7-42-17-13(16(32)29(17)14(10)18(33)34)24-15(31)12(26-39-40(3,4)35)11-9-43-19(22)23-11/h9,13,17H,5-8H2,1-4H3,(H2,22,23)(H,24,31)(H,33,34)(H2,36,37,38)/b26-12+/t13-,17-/m1/s1. The number of oxime groups is 1. The SMILES string of the molecule is CCC(CC)(n1nnnc1SCC1=C(C(=O)O)N2C(=O)[C@@H](NC(=O)/C(=N/OP(C)(C)=O)c3csc(N)n3)[C@H]2SC1)P(=O)(O)O. The number of carboxylic acids is 1. The molecule has 2 aromatic rings. The van der Waals surface area contributed by atoms with E-state index in [4.69, 9.17) is 10.4 Å². The lowest BCUT2D eigenvalue weighted by Gasteiger charge is -2.49. The lowest BCUT2D eigenvalue weighted by atomic mass is 10.0. The molecule has 18 nitrogen and oxygen atoms in total. The van der Waals surface area contributed by atoms with Crippen LogP contribution < -0.4 is 11.1 Å². The first-order chi connectivity index (χ1) is 20.5. The molecule has 4 rings (SSSR count). The predicted octanol–water partition coefficient (Wildman–Crippen LogP) is 1.15. The Kier molecular flexibility index (Phi) is 9.99. The third kappa shape index (κ3) is 6.59. The summed E-state index contributed by atoms with van der Waals surface area (Å²) in [6.45, 7) is 5.80. The number of carbonyl (C=O) groups excluding carboxylic acids is 2. The van der Waals surface area contributed by atoms with Crippen LogP contribution in [0.2, 0.25) is 0 Å². The fraction of sp³-hybridized carbons (Fsp3) is 0.524. The molecule has 240 valence electrons. The molecule has 1 saturated heterocycles. The van der Waals surface area contributed by atoms with Crippen molar-refractivity contribution in [3.8, 4) is 0 Å². The number of β-lactam (4-membered cyclic amide) rings is 1. The maximum absolute atomic E-state index is 13.2. The van der Waals surface area contributed by atoms with Gasteiger partial charge in [0.15, 0.2) is 16.1 Å². The zero-order valence-corrected chi connectivity index (χ0v) is 27.9. The van der Waals surface area contributed by atoms with E-state index in [-0.39, 0.29) is 51.7 Å². The lowest BCUT2D eigenvalue weighted by molar-refractivity contribution is -0.150. The Morgan fingerprint density at radius 3 is 2.52 bits per heavy atom. The van der Waals surface area contributed by atoms with Crippen molar-refractivity contribution in [1.82, 2.24) is 35.4 Å². The first kappa shape index (κ1) is 34.1.